The van der Waals surface area contributed by atoms with Crippen molar-refractivity contribution in [2.75, 3.05) is 13.2 Å². The highest BCUT2D eigenvalue weighted by atomic mass is 35.5. The van der Waals surface area contributed by atoms with Gasteiger partial charge in [0, 0.05) is 23.7 Å². The highest BCUT2D eigenvalue weighted by molar-refractivity contribution is 6.30. The van der Waals surface area contributed by atoms with Crippen molar-refractivity contribution in [3.8, 4) is 0 Å². The maximum atomic E-state index is 12.6. The van der Waals surface area contributed by atoms with Crippen LogP contribution in [0.3, 0.4) is 0 Å². The Balaban J connectivity index is 1.45. The largest absolute Gasteiger partial charge is 0.375 e. The molecule has 2 amide bonds. The van der Waals surface area contributed by atoms with Gasteiger partial charge in [-0.3, -0.25) is 9.59 Å². The van der Waals surface area contributed by atoms with Gasteiger partial charge in [0.15, 0.2) is 0 Å². The predicted octanol–water partition coefficient (Wildman–Crippen LogP) is 3.41. The standard InChI is InChI=1S/C21H23ClN2O3/c1-2-19(24-13-16-5-3-4-6-18(16)21(24)26)20(25)23-11-12-27-14-15-7-9-17(22)10-8-15/h3-10,19H,2,11-14H2,1H3,(H,23,25)/t19-/m1/s1. The van der Waals surface area contributed by atoms with Crippen LogP contribution in [0.2, 0.25) is 5.02 Å². The normalized spacial score (nSPS) is 14.1. The molecule has 0 aliphatic carbocycles. The molecule has 6 heteroatoms. The van der Waals surface area contributed by atoms with Gasteiger partial charge in [-0.25, -0.2) is 0 Å². The summed E-state index contributed by atoms with van der Waals surface area (Å²) in [6.07, 6.45) is 0.567. The van der Waals surface area contributed by atoms with Gasteiger partial charge < -0.3 is 15.0 Å². The lowest BCUT2D eigenvalue weighted by atomic mass is 10.1. The molecule has 2 aromatic carbocycles. The van der Waals surface area contributed by atoms with Crippen molar-refractivity contribution in [2.24, 2.45) is 0 Å². The second-order valence-electron chi connectivity index (χ2n) is 6.48. The van der Waals surface area contributed by atoms with Crippen LogP contribution in [0.5, 0.6) is 0 Å². The maximum absolute atomic E-state index is 12.6. The van der Waals surface area contributed by atoms with Gasteiger partial charge >= 0.3 is 0 Å². The fraction of sp³-hybridized carbons (Fsp3) is 0.333. The molecule has 1 heterocycles. The summed E-state index contributed by atoms with van der Waals surface area (Å²) in [4.78, 5) is 26.8. The molecule has 0 aromatic heterocycles. The number of nitrogens with zero attached hydrogens (tertiary/aromatic N) is 1. The van der Waals surface area contributed by atoms with Crippen molar-refractivity contribution < 1.29 is 14.3 Å². The smallest absolute Gasteiger partial charge is 0.255 e. The zero-order valence-electron chi connectivity index (χ0n) is 15.3. The average molecular weight is 387 g/mol. The number of fused-ring (bicyclic) bond motifs is 1. The summed E-state index contributed by atoms with van der Waals surface area (Å²) in [5, 5.41) is 3.56. The Hall–Kier alpha value is -2.37. The molecular weight excluding hydrogens is 364 g/mol. The minimum atomic E-state index is -0.471. The fourth-order valence-electron chi connectivity index (χ4n) is 3.21. The summed E-state index contributed by atoms with van der Waals surface area (Å²) >= 11 is 5.85. The van der Waals surface area contributed by atoms with Crippen LogP contribution in [0.1, 0.15) is 34.8 Å². The van der Waals surface area contributed by atoms with Crippen LogP contribution in [-0.4, -0.2) is 35.9 Å². The molecule has 27 heavy (non-hydrogen) atoms. The minimum Gasteiger partial charge on any atom is -0.375 e. The van der Waals surface area contributed by atoms with E-state index in [0.29, 0.717) is 43.3 Å². The molecule has 0 fully saturated rings. The third-order valence-electron chi connectivity index (χ3n) is 4.64. The molecule has 0 bridgehead atoms. The Morgan fingerprint density at radius 2 is 1.96 bits per heavy atom. The van der Waals surface area contributed by atoms with Crippen molar-refractivity contribution in [3.05, 3.63) is 70.2 Å². The number of rotatable bonds is 8. The monoisotopic (exact) mass is 386 g/mol. The fourth-order valence-corrected chi connectivity index (χ4v) is 3.34. The Kier molecular flexibility index (Phi) is 6.48. The van der Waals surface area contributed by atoms with Crippen LogP contribution < -0.4 is 5.32 Å². The van der Waals surface area contributed by atoms with E-state index in [4.69, 9.17) is 16.3 Å². The lowest BCUT2D eigenvalue weighted by Crippen LogP contribution is -2.47. The second kappa shape index (κ2) is 9.02. The number of carbonyl (C=O) groups excluding carboxylic acids is 2. The molecule has 1 aliphatic rings. The third-order valence-corrected chi connectivity index (χ3v) is 4.89. The molecule has 5 nitrogen and oxygen atoms in total. The number of carbonyl (C=O) groups is 2. The first-order chi connectivity index (χ1) is 13.1. The number of hydrogen-bond donors (Lipinski definition) is 1. The molecule has 0 saturated heterocycles. The van der Waals surface area contributed by atoms with Gasteiger partial charge in [0.25, 0.3) is 5.91 Å². The van der Waals surface area contributed by atoms with E-state index >= 15 is 0 Å². The molecule has 2 aromatic rings. The average Bonchev–Trinajstić information content (AvgIpc) is 3.00. The van der Waals surface area contributed by atoms with Crippen LogP contribution in [0.25, 0.3) is 0 Å². The molecular formula is C21H23ClN2O3. The summed E-state index contributed by atoms with van der Waals surface area (Å²) in [5.74, 6) is -0.222. The Labute approximate surface area is 164 Å². The van der Waals surface area contributed by atoms with Crippen LogP contribution in [0.15, 0.2) is 48.5 Å². The summed E-state index contributed by atoms with van der Waals surface area (Å²) in [6, 6.07) is 14.5. The number of hydrogen-bond acceptors (Lipinski definition) is 3. The summed E-state index contributed by atoms with van der Waals surface area (Å²) in [6.45, 7) is 3.66. The van der Waals surface area contributed by atoms with E-state index in [1.807, 2.05) is 55.5 Å². The Morgan fingerprint density at radius 1 is 1.22 bits per heavy atom. The topological polar surface area (TPSA) is 58.6 Å². The van der Waals surface area contributed by atoms with Gasteiger partial charge in [-0.1, -0.05) is 48.9 Å². The van der Waals surface area contributed by atoms with Crippen molar-refractivity contribution in [2.45, 2.75) is 32.5 Å². The molecule has 3 rings (SSSR count). The predicted molar refractivity (Wildman–Crippen MR) is 105 cm³/mol. The first-order valence-corrected chi connectivity index (χ1v) is 9.46. The van der Waals surface area contributed by atoms with Gasteiger partial charge in [-0.15, -0.1) is 0 Å². The van der Waals surface area contributed by atoms with E-state index in [0.717, 1.165) is 11.1 Å². The lowest BCUT2D eigenvalue weighted by Gasteiger charge is -2.25. The lowest BCUT2D eigenvalue weighted by molar-refractivity contribution is -0.126. The van der Waals surface area contributed by atoms with Crippen LogP contribution in [0.4, 0.5) is 0 Å². The van der Waals surface area contributed by atoms with Crippen LogP contribution in [-0.2, 0) is 22.7 Å². The van der Waals surface area contributed by atoms with E-state index in [2.05, 4.69) is 5.32 Å². The number of benzene rings is 2. The van der Waals surface area contributed by atoms with Gasteiger partial charge in [-0.2, -0.15) is 0 Å². The van der Waals surface area contributed by atoms with Gasteiger partial charge in [0.05, 0.1) is 13.2 Å². The SMILES string of the molecule is CC[C@H](C(=O)NCCOCc1ccc(Cl)cc1)N1Cc2ccccc2C1=O. The van der Waals surface area contributed by atoms with Crippen molar-refractivity contribution in [1.82, 2.24) is 10.2 Å². The number of halogens is 1. The van der Waals surface area contributed by atoms with Gasteiger partial charge in [0.2, 0.25) is 5.91 Å². The van der Waals surface area contributed by atoms with Crippen molar-refractivity contribution in [3.63, 3.8) is 0 Å². The number of nitrogens with one attached hydrogen (secondary N) is 1. The van der Waals surface area contributed by atoms with Gasteiger partial charge in [0.1, 0.15) is 6.04 Å². The first-order valence-electron chi connectivity index (χ1n) is 9.09. The highest BCUT2D eigenvalue weighted by Crippen LogP contribution is 2.25. The minimum absolute atomic E-state index is 0.0772. The summed E-state index contributed by atoms with van der Waals surface area (Å²) in [5.41, 5.74) is 2.69. The highest BCUT2D eigenvalue weighted by Gasteiger charge is 2.34. The quantitative estimate of drug-likeness (QED) is 0.707. The van der Waals surface area contributed by atoms with E-state index in [9.17, 15) is 9.59 Å². The second-order valence-corrected chi connectivity index (χ2v) is 6.92. The molecule has 0 radical (unpaired) electrons. The first kappa shape index (κ1) is 19.4. The number of ether oxygens (including phenoxy) is 1. The van der Waals surface area contributed by atoms with Crippen molar-refractivity contribution in [1.29, 1.82) is 0 Å². The van der Waals surface area contributed by atoms with Gasteiger partial charge in [-0.05, 0) is 35.7 Å². The molecule has 0 unspecified atom stereocenters. The molecule has 142 valence electrons. The molecule has 1 N–H and O–H groups in total. The van der Waals surface area contributed by atoms with Crippen LogP contribution in [0, 0.1) is 0 Å². The Morgan fingerprint density at radius 3 is 2.67 bits per heavy atom. The molecule has 1 atom stereocenters. The third kappa shape index (κ3) is 4.67. The molecule has 0 spiro atoms. The molecule has 1 aliphatic heterocycles. The van der Waals surface area contributed by atoms with Crippen LogP contribution >= 0.6 is 11.6 Å². The van der Waals surface area contributed by atoms with E-state index in [-0.39, 0.29) is 11.8 Å². The Bertz CT molecular complexity index is 807. The van der Waals surface area contributed by atoms with E-state index in [1.165, 1.54) is 0 Å². The van der Waals surface area contributed by atoms with E-state index < -0.39 is 6.04 Å². The van der Waals surface area contributed by atoms with E-state index in [1.54, 1.807) is 4.90 Å². The maximum Gasteiger partial charge on any atom is 0.255 e. The van der Waals surface area contributed by atoms with Crippen molar-refractivity contribution >= 4 is 23.4 Å². The molecule has 0 saturated carbocycles. The summed E-state index contributed by atoms with van der Waals surface area (Å²) in [7, 11) is 0. The summed E-state index contributed by atoms with van der Waals surface area (Å²) < 4.78 is 5.58. The zero-order chi connectivity index (χ0) is 19.2. The number of amides is 2. The zero-order valence-corrected chi connectivity index (χ0v) is 16.0.